The zero-order chi connectivity index (χ0) is 34.7. The highest BCUT2D eigenvalue weighted by atomic mass is 35.5. The van der Waals surface area contributed by atoms with Crippen LogP contribution in [0, 0.1) is 29.4 Å². The van der Waals surface area contributed by atoms with Gasteiger partial charge in [-0.05, 0) is 92.5 Å². The number of methoxy groups -OCH3 is 1. The summed E-state index contributed by atoms with van der Waals surface area (Å²) in [4.78, 5) is 29.7. The Morgan fingerprint density at radius 2 is 1.96 bits per heavy atom. The maximum Gasteiger partial charge on any atom is 0.286 e. The molecule has 12 heteroatoms. The minimum absolute atomic E-state index is 0.0730. The molecule has 1 N–H and O–H groups in total. The SMILES string of the molecule is CO[C@H]1/C=C/C[C@H](C)[C@@H](C)S(=O)(NC(=O)c2cnn(C)c2)=NC(=O)c2ccc3c(c2)N(Cc2ccc([ClH+])cc2CCCCO3)C[C@@H]2CC[C@H]21. The normalized spacial score (nSPS) is 28.4. The number of aromatic nitrogens is 2. The Balaban J connectivity index is 1.48. The van der Waals surface area contributed by atoms with Gasteiger partial charge in [0, 0.05) is 51.1 Å². The number of ether oxygens (including phenoxy) is 2. The number of amides is 2. The standard InChI is InChI=1S/C37H46ClN5O5S/c1-24-8-7-10-34(47-4)32-15-12-29(32)23-43-22-28-11-14-31(38)18-26(28)9-5-6-17-48-35-16-13-27(19-33(35)43)36(44)40-49(46,25(24)2)41-37(45)30-20-39-42(3)21-30/h7,10-11,13-14,16,18-21,24-25,29,32,34,38H,5-6,8-9,12,15,17,22-23H2,1-4H3/p+1/b10-7+/t24-,25+,29-,32+,34-,49?/m0/s1. The summed E-state index contributed by atoms with van der Waals surface area (Å²) < 4.78 is 35.6. The first kappa shape index (κ1) is 35.2. The number of allylic oxidation sites excluding steroid dienone is 1. The number of carbonyl (C=O) groups excluding carboxylic acids is 2. The van der Waals surface area contributed by atoms with E-state index in [1.165, 1.54) is 28.2 Å². The quantitative estimate of drug-likeness (QED) is 0.341. The summed E-state index contributed by atoms with van der Waals surface area (Å²) in [6.45, 7) is 5.62. The van der Waals surface area contributed by atoms with E-state index in [9.17, 15) is 13.8 Å². The first-order chi connectivity index (χ1) is 23.5. The molecule has 1 unspecified atom stereocenters. The number of carbonyl (C=O) groups is 2. The molecule has 1 saturated carbocycles. The predicted octanol–water partition coefficient (Wildman–Crippen LogP) is 5.82. The van der Waals surface area contributed by atoms with Crippen molar-refractivity contribution >= 4 is 27.4 Å². The van der Waals surface area contributed by atoms with E-state index in [1.54, 1.807) is 27.1 Å². The van der Waals surface area contributed by atoms with Crippen LogP contribution >= 0.6 is 0 Å². The van der Waals surface area contributed by atoms with Crippen LogP contribution < -0.4 is 14.4 Å². The molecule has 2 bridgehead atoms. The molecule has 0 spiro atoms. The highest BCUT2D eigenvalue weighted by molar-refractivity contribution is 7.93. The summed E-state index contributed by atoms with van der Waals surface area (Å²) in [6.07, 6.45) is 12.5. The van der Waals surface area contributed by atoms with Crippen LogP contribution in [0.5, 0.6) is 5.75 Å². The second kappa shape index (κ2) is 15.1. The number of hydrogen-bond donors (Lipinski definition) is 1. The van der Waals surface area contributed by atoms with Gasteiger partial charge in [0.1, 0.15) is 15.7 Å². The number of nitrogens with zero attached hydrogens (tertiary/aromatic N) is 4. The molecular weight excluding hydrogens is 662 g/mol. The highest BCUT2D eigenvalue weighted by Gasteiger charge is 2.38. The third-order valence-corrected chi connectivity index (χ3v) is 13.0. The van der Waals surface area contributed by atoms with Crippen molar-refractivity contribution in [2.24, 2.45) is 29.2 Å². The van der Waals surface area contributed by atoms with Crippen molar-refractivity contribution in [3.8, 4) is 5.75 Å². The zero-order valence-corrected chi connectivity index (χ0v) is 30.3. The van der Waals surface area contributed by atoms with Crippen LogP contribution in [0.1, 0.15) is 77.8 Å². The van der Waals surface area contributed by atoms with Crippen LogP contribution in [-0.2, 0) is 34.7 Å². The summed E-state index contributed by atoms with van der Waals surface area (Å²) in [6, 6.07) is 11.5. The van der Waals surface area contributed by atoms with Gasteiger partial charge in [0.15, 0.2) is 11.6 Å². The number of halogens is 1. The first-order valence-corrected chi connectivity index (χ1v) is 19.1. The number of hydrogen-bond acceptors (Lipinski definition) is 7. The van der Waals surface area contributed by atoms with E-state index < -0.39 is 27.0 Å². The molecule has 10 nitrogen and oxygen atoms in total. The molecule has 2 aromatic carbocycles. The second-order valence-corrected chi connectivity index (χ2v) is 16.4. The van der Waals surface area contributed by atoms with Gasteiger partial charge in [0.2, 0.25) is 5.02 Å². The van der Waals surface area contributed by atoms with Crippen molar-refractivity contribution in [1.29, 1.82) is 0 Å². The average Bonchev–Trinajstić information content (AvgIpc) is 3.50. The smallest absolute Gasteiger partial charge is 0.286 e. The van der Waals surface area contributed by atoms with Crippen molar-refractivity contribution in [2.45, 2.75) is 70.3 Å². The molecule has 49 heavy (non-hydrogen) atoms. The molecule has 3 aromatic rings. The van der Waals surface area contributed by atoms with Crippen molar-refractivity contribution in [3.63, 3.8) is 0 Å². The van der Waals surface area contributed by atoms with Crippen LogP contribution in [0.25, 0.3) is 0 Å². The Labute approximate surface area is 294 Å². The van der Waals surface area contributed by atoms with E-state index in [2.05, 4.69) is 43.4 Å². The molecule has 2 amide bonds. The van der Waals surface area contributed by atoms with Gasteiger partial charge in [0.05, 0.1) is 35.4 Å². The van der Waals surface area contributed by atoms with Gasteiger partial charge >= 0.3 is 0 Å². The maximum absolute atomic E-state index is 14.7. The number of aryl methyl sites for hydroxylation is 2. The molecular formula is C37H47ClN5O5S+. The van der Waals surface area contributed by atoms with Crippen LogP contribution in [0.2, 0.25) is 5.02 Å². The third kappa shape index (κ3) is 7.89. The van der Waals surface area contributed by atoms with E-state index in [0.29, 0.717) is 37.2 Å². The lowest BCUT2D eigenvalue weighted by molar-refractivity contribution is -0.289. The third-order valence-electron chi connectivity index (χ3n) is 10.4. The van der Waals surface area contributed by atoms with Gasteiger partial charge in [-0.1, -0.05) is 25.1 Å². The Bertz CT molecular complexity index is 1850. The molecule has 0 radical (unpaired) electrons. The molecule has 0 saturated heterocycles. The molecule has 3 heterocycles. The topological polar surface area (TPSA) is 115 Å². The van der Waals surface area contributed by atoms with Crippen molar-refractivity contribution in [1.82, 2.24) is 14.5 Å². The minimum atomic E-state index is -3.60. The van der Waals surface area contributed by atoms with Crippen molar-refractivity contribution in [2.75, 3.05) is 25.2 Å². The van der Waals surface area contributed by atoms with Gasteiger partial charge in [-0.3, -0.25) is 19.0 Å². The van der Waals surface area contributed by atoms with E-state index in [0.717, 1.165) is 49.4 Å². The molecule has 1 aromatic heterocycles. The number of fused-ring (bicyclic) bond motifs is 3. The van der Waals surface area contributed by atoms with Crippen molar-refractivity contribution in [3.05, 3.63) is 88.2 Å². The van der Waals surface area contributed by atoms with Gasteiger partial charge < -0.3 is 14.4 Å². The van der Waals surface area contributed by atoms with Crippen molar-refractivity contribution < 1.29 is 34.9 Å². The summed E-state index contributed by atoms with van der Waals surface area (Å²) in [5, 5.41) is 4.24. The number of nitrogens with one attached hydrogen (secondary N) is 1. The summed E-state index contributed by atoms with van der Waals surface area (Å²) >= 11 is 5.55. The Kier molecular flexibility index (Phi) is 10.8. The highest BCUT2D eigenvalue weighted by Crippen LogP contribution is 2.42. The molecule has 3 aliphatic rings. The maximum atomic E-state index is 14.7. The summed E-state index contributed by atoms with van der Waals surface area (Å²) in [7, 11) is -0.147. The molecule has 2 aliphatic heterocycles. The number of benzene rings is 2. The van der Waals surface area contributed by atoms with E-state index in [-0.39, 0.29) is 23.1 Å². The number of rotatable bonds is 3. The van der Waals surface area contributed by atoms with Crippen LogP contribution in [-0.4, -0.2) is 57.4 Å². The lowest BCUT2D eigenvalue weighted by Crippen LogP contribution is -2.43. The lowest BCUT2D eigenvalue weighted by atomic mass is 9.70. The monoisotopic (exact) mass is 708 g/mol. The summed E-state index contributed by atoms with van der Waals surface area (Å²) in [5.41, 5.74) is 3.73. The molecule has 6 atom stereocenters. The molecule has 262 valence electrons. The first-order valence-electron chi connectivity index (χ1n) is 17.2. The van der Waals surface area contributed by atoms with E-state index in [1.807, 2.05) is 25.1 Å². The zero-order valence-electron chi connectivity index (χ0n) is 28.7. The van der Waals surface area contributed by atoms with E-state index in [4.69, 9.17) is 21.1 Å². The second-order valence-electron chi connectivity index (χ2n) is 13.6. The number of anilines is 1. The predicted molar refractivity (Wildman–Crippen MR) is 188 cm³/mol. The molecule has 1 aliphatic carbocycles. The molecule has 1 fully saturated rings. The molecule has 6 rings (SSSR count). The average molecular weight is 709 g/mol. The van der Waals surface area contributed by atoms with Crippen LogP contribution in [0.4, 0.5) is 5.69 Å². The van der Waals surface area contributed by atoms with Gasteiger partial charge in [0.25, 0.3) is 11.8 Å². The Hall–Kier alpha value is -3.67. The van der Waals surface area contributed by atoms with E-state index >= 15 is 0 Å². The largest absolute Gasteiger partial charge is 0.491 e. The van der Waals surface area contributed by atoms with Gasteiger partial charge in [-0.25, -0.2) is 4.21 Å². The fourth-order valence-electron chi connectivity index (χ4n) is 7.03. The van der Waals surface area contributed by atoms with Gasteiger partial charge in [-0.2, -0.15) is 5.10 Å². The Morgan fingerprint density at radius 3 is 2.69 bits per heavy atom. The Morgan fingerprint density at radius 1 is 1.12 bits per heavy atom. The fraction of sp³-hybridized carbons (Fsp3) is 0.486. The van der Waals surface area contributed by atoms with Gasteiger partial charge in [-0.15, -0.1) is 4.36 Å². The summed E-state index contributed by atoms with van der Waals surface area (Å²) in [5.74, 6) is -0.0639. The van der Waals surface area contributed by atoms with Crippen LogP contribution in [0.3, 0.4) is 0 Å². The van der Waals surface area contributed by atoms with Crippen LogP contribution in [0.15, 0.2) is 65.3 Å². The lowest BCUT2D eigenvalue weighted by Gasteiger charge is -2.43. The minimum Gasteiger partial charge on any atom is -0.491 e. The fourth-order valence-corrected chi connectivity index (χ4v) is 9.12.